The van der Waals surface area contributed by atoms with E-state index in [0.29, 0.717) is 0 Å². The quantitative estimate of drug-likeness (QED) is 0.415. The molecule has 2 atom stereocenters. The molecule has 3 aliphatic rings. The molecule has 10 nitrogen and oxygen atoms in total. The lowest BCUT2D eigenvalue weighted by atomic mass is 10.2. The van der Waals surface area contributed by atoms with E-state index in [-0.39, 0.29) is 29.1 Å². The van der Waals surface area contributed by atoms with Crippen molar-refractivity contribution in [2.75, 3.05) is 13.2 Å². The molecule has 0 N–H and O–H groups in total. The molecule has 2 bridgehead atoms. The normalized spacial score (nSPS) is 27.0. The molecule has 3 heterocycles. The number of benzene rings is 1. The summed E-state index contributed by atoms with van der Waals surface area (Å²) in [6, 6.07) is 0. The molecule has 4 rings (SSSR count). The monoisotopic (exact) mass is 348 g/mol. The van der Waals surface area contributed by atoms with Gasteiger partial charge in [-0.3, -0.25) is 29.4 Å². The zero-order valence-electron chi connectivity index (χ0n) is 11.5. The predicted molar refractivity (Wildman–Crippen MR) is 76.8 cm³/mol. The molecule has 22 heavy (non-hydrogen) atoms. The van der Waals surface area contributed by atoms with Crippen molar-refractivity contribution in [3.8, 4) is 0 Å². The van der Waals surface area contributed by atoms with E-state index < -0.39 is 41.3 Å². The number of nitro groups is 2. The fraction of sp³-hybridized carbons (Fsp3) is 0.400. The van der Waals surface area contributed by atoms with Crippen LogP contribution in [0.4, 0.5) is 11.4 Å². The molecule has 0 spiro atoms. The lowest BCUT2D eigenvalue weighted by molar-refractivity contribution is -0.390. The van der Waals surface area contributed by atoms with E-state index in [1.165, 1.54) is 6.92 Å². The van der Waals surface area contributed by atoms with Crippen molar-refractivity contribution >= 4 is 47.3 Å². The van der Waals surface area contributed by atoms with E-state index in [2.05, 4.69) is 0 Å². The molecule has 3 aliphatic heterocycles. The van der Waals surface area contributed by atoms with Gasteiger partial charge >= 0.3 is 11.4 Å². The molecular weight excluding hydrogens is 338 g/mol. The second kappa shape index (κ2) is 4.45. The second-order valence-corrected chi connectivity index (χ2v) is 9.06. The van der Waals surface area contributed by atoms with Crippen molar-refractivity contribution in [3.05, 3.63) is 20.2 Å². The minimum Gasteiger partial charge on any atom is -0.322 e. The summed E-state index contributed by atoms with van der Waals surface area (Å²) in [5.74, 6) is 0. The molecule has 0 fully saturated rings. The zero-order chi connectivity index (χ0) is 16.4. The van der Waals surface area contributed by atoms with Gasteiger partial charge in [0.1, 0.15) is 10.6 Å². The van der Waals surface area contributed by atoms with Gasteiger partial charge in [-0.05, 0) is 13.8 Å². The summed E-state index contributed by atoms with van der Waals surface area (Å²) in [5.41, 5.74) is -1.40. The molecule has 1 aromatic rings. The van der Waals surface area contributed by atoms with Crippen LogP contribution in [-0.4, -0.2) is 23.1 Å². The van der Waals surface area contributed by atoms with Crippen LogP contribution in [-0.2, 0) is 18.2 Å². The minimum absolute atomic E-state index is 0.00458. The Balaban J connectivity index is 2.36. The van der Waals surface area contributed by atoms with Crippen molar-refractivity contribution in [3.63, 3.8) is 0 Å². The Labute approximate surface area is 123 Å². The average Bonchev–Trinajstić information content (AvgIpc) is 3.02. The van der Waals surface area contributed by atoms with Gasteiger partial charge in [-0.15, -0.1) is 0 Å². The topological polar surface area (TPSA) is 139 Å². The third-order valence-corrected chi connectivity index (χ3v) is 8.75. The van der Waals surface area contributed by atoms with Gasteiger partial charge in [0.15, 0.2) is 5.30 Å². The maximum absolute atomic E-state index is 12.8. The fourth-order valence-electron chi connectivity index (χ4n) is 2.75. The van der Waals surface area contributed by atoms with Crippen molar-refractivity contribution < 1.29 is 28.0 Å². The highest BCUT2D eigenvalue weighted by atomic mass is 31.2. The Hall–Kier alpha value is -1.60. The van der Waals surface area contributed by atoms with Gasteiger partial charge in [-0.1, -0.05) is 0 Å². The molecule has 118 valence electrons. The molecule has 2 unspecified atom stereocenters. The first-order chi connectivity index (χ1) is 10.3. The van der Waals surface area contributed by atoms with Crippen LogP contribution in [0.25, 0.3) is 0 Å². The van der Waals surface area contributed by atoms with E-state index in [1.807, 2.05) is 0 Å². The summed E-state index contributed by atoms with van der Waals surface area (Å²) in [4.78, 5) is 20.7. The van der Waals surface area contributed by atoms with E-state index in [1.54, 1.807) is 6.92 Å². The average molecular weight is 348 g/mol. The van der Waals surface area contributed by atoms with Crippen LogP contribution < -0.4 is 21.2 Å². The Bertz CT molecular complexity index is 848. The smallest absolute Gasteiger partial charge is 0.303 e. The number of rotatable bonds is 6. The van der Waals surface area contributed by atoms with Crippen molar-refractivity contribution in [1.82, 2.24) is 0 Å². The lowest BCUT2D eigenvalue weighted by Gasteiger charge is -2.25. The van der Waals surface area contributed by atoms with E-state index in [0.717, 1.165) is 0 Å². The SMILES string of the molecule is CCOP1(=O)c2c([N+](=O)[O-])c1c1c(c2[N+](=O)[O-])P1(=O)OCC. The molecule has 12 heteroatoms. The van der Waals surface area contributed by atoms with Crippen LogP contribution in [0, 0.1) is 20.2 Å². The minimum atomic E-state index is -3.88. The van der Waals surface area contributed by atoms with Gasteiger partial charge in [-0.25, -0.2) is 0 Å². The van der Waals surface area contributed by atoms with E-state index in [4.69, 9.17) is 9.05 Å². The molecule has 1 aromatic carbocycles. The molecular formula is C10H10N2O8P2. The molecule has 0 amide bonds. The Morgan fingerprint density at radius 3 is 1.50 bits per heavy atom. The number of nitrogens with zero attached hydrogens (tertiary/aromatic N) is 2. The number of hydrogen-bond acceptors (Lipinski definition) is 8. The van der Waals surface area contributed by atoms with Gasteiger partial charge in [0.25, 0.3) is 14.7 Å². The van der Waals surface area contributed by atoms with Crippen LogP contribution in [0.1, 0.15) is 13.8 Å². The van der Waals surface area contributed by atoms with Gasteiger partial charge in [0, 0.05) is 0 Å². The van der Waals surface area contributed by atoms with Gasteiger partial charge in [-0.2, -0.15) is 0 Å². The highest BCUT2D eigenvalue weighted by Gasteiger charge is 2.72. The summed E-state index contributed by atoms with van der Waals surface area (Å²) in [7, 11) is -7.54. The highest BCUT2D eigenvalue weighted by molar-refractivity contribution is 7.91. The first-order valence-corrected chi connectivity index (χ1v) is 9.54. The van der Waals surface area contributed by atoms with Crippen molar-refractivity contribution in [2.45, 2.75) is 13.8 Å². The van der Waals surface area contributed by atoms with Crippen molar-refractivity contribution in [2.24, 2.45) is 0 Å². The van der Waals surface area contributed by atoms with Crippen LogP contribution in [0.5, 0.6) is 0 Å². The summed E-state index contributed by atoms with van der Waals surface area (Å²) in [5, 5.41) is 21.3. The summed E-state index contributed by atoms with van der Waals surface area (Å²) >= 11 is 0. The Kier molecular flexibility index (Phi) is 3.10. The van der Waals surface area contributed by atoms with Crippen LogP contribution in [0.15, 0.2) is 0 Å². The molecule has 0 radical (unpaired) electrons. The summed E-state index contributed by atoms with van der Waals surface area (Å²) in [6.07, 6.45) is 0. The van der Waals surface area contributed by atoms with Crippen LogP contribution >= 0.6 is 14.7 Å². The largest absolute Gasteiger partial charge is 0.322 e. The maximum atomic E-state index is 12.8. The lowest BCUT2D eigenvalue weighted by Crippen LogP contribution is -2.43. The number of hydrogen-bond donors (Lipinski definition) is 0. The van der Waals surface area contributed by atoms with Gasteiger partial charge in [0.2, 0.25) is 0 Å². The van der Waals surface area contributed by atoms with Gasteiger partial charge in [0.05, 0.1) is 28.4 Å². The standard InChI is InChI=1S/C10H10N2O8P2/c1-3-19-21(17)7-5(11(13)14)8(21)10-9(6(7)12(15)16)22(10,18)20-4-2/h3-4H2,1-2H3. The first-order valence-electron chi connectivity index (χ1n) is 6.29. The molecule has 0 saturated heterocycles. The zero-order valence-corrected chi connectivity index (χ0v) is 13.3. The van der Waals surface area contributed by atoms with Gasteiger partial charge < -0.3 is 9.05 Å². The molecule has 0 saturated carbocycles. The van der Waals surface area contributed by atoms with Crippen LogP contribution in [0.2, 0.25) is 0 Å². The molecule has 0 aromatic heterocycles. The maximum Gasteiger partial charge on any atom is 0.303 e. The third-order valence-electron chi connectivity index (χ3n) is 3.46. The Morgan fingerprint density at radius 2 is 1.18 bits per heavy atom. The third kappa shape index (κ3) is 1.53. The highest BCUT2D eigenvalue weighted by Crippen LogP contribution is 2.68. The van der Waals surface area contributed by atoms with Crippen LogP contribution in [0.3, 0.4) is 0 Å². The first kappa shape index (κ1) is 15.3. The second-order valence-electron chi connectivity index (χ2n) is 4.54. The Morgan fingerprint density at radius 1 is 0.818 bits per heavy atom. The number of nitro benzene ring substituents is 2. The van der Waals surface area contributed by atoms with E-state index >= 15 is 0 Å². The summed E-state index contributed by atoms with van der Waals surface area (Å²) < 4.78 is 35.6. The summed E-state index contributed by atoms with van der Waals surface area (Å²) in [6.45, 7) is 3.00. The predicted octanol–water partition coefficient (Wildman–Crippen LogP) is 0.661. The van der Waals surface area contributed by atoms with Crippen molar-refractivity contribution in [1.29, 1.82) is 0 Å². The fourth-order valence-corrected chi connectivity index (χ4v) is 8.58. The van der Waals surface area contributed by atoms with E-state index in [9.17, 15) is 29.4 Å². The molecule has 0 aliphatic carbocycles.